The number of rotatable bonds is 3. The van der Waals surface area contributed by atoms with E-state index in [1.165, 1.54) is 13.0 Å². The van der Waals surface area contributed by atoms with Crippen LogP contribution in [0.2, 0.25) is 0 Å². The van der Waals surface area contributed by atoms with Crippen LogP contribution < -0.4 is 5.32 Å². The molecule has 0 unspecified atom stereocenters. The van der Waals surface area contributed by atoms with Gasteiger partial charge in [0.05, 0.1) is 12.6 Å². The number of halogens is 1. The van der Waals surface area contributed by atoms with Gasteiger partial charge in [0.1, 0.15) is 28.9 Å². The molecule has 0 fully saturated rings. The summed E-state index contributed by atoms with van der Waals surface area (Å²) >= 11 is 0. The van der Waals surface area contributed by atoms with Gasteiger partial charge in [0, 0.05) is 5.56 Å². The molecular formula is C15H11FN2O4. The number of nitrogens with zero attached hydrogens (tertiary/aromatic N) is 1. The summed E-state index contributed by atoms with van der Waals surface area (Å²) in [5.74, 6) is -3.23. The van der Waals surface area contributed by atoms with Crippen molar-refractivity contribution in [3.63, 3.8) is 0 Å². The van der Waals surface area contributed by atoms with E-state index in [9.17, 15) is 29.1 Å². The molecular weight excluding hydrogens is 291 g/mol. The van der Waals surface area contributed by atoms with Crippen LogP contribution in [0.5, 0.6) is 0 Å². The molecule has 0 saturated carbocycles. The van der Waals surface area contributed by atoms with Gasteiger partial charge in [-0.25, -0.2) is 4.39 Å². The van der Waals surface area contributed by atoms with Crippen molar-refractivity contribution in [1.29, 1.82) is 5.26 Å². The number of nitrogens with one attached hydrogen (secondary N) is 1. The smallest absolute Gasteiger partial charge is 0.259 e. The van der Waals surface area contributed by atoms with Crippen LogP contribution in [0, 0.1) is 17.1 Å². The Hall–Kier alpha value is -3.01. The zero-order chi connectivity index (χ0) is 16.5. The van der Waals surface area contributed by atoms with Crippen LogP contribution in [0.4, 0.5) is 4.39 Å². The third-order valence-corrected chi connectivity index (χ3v) is 3.49. The van der Waals surface area contributed by atoms with Crippen LogP contribution in [0.25, 0.3) is 5.76 Å². The molecule has 0 aliphatic heterocycles. The lowest BCUT2D eigenvalue weighted by atomic mass is 9.70. The van der Waals surface area contributed by atoms with E-state index in [4.69, 9.17) is 0 Å². The molecule has 1 atom stereocenters. The fourth-order valence-electron chi connectivity index (χ4n) is 2.30. The van der Waals surface area contributed by atoms with E-state index >= 15 is 0 Å². The molecule has 0 radical (unpaired) electrons. The largest absolute Gasteiger partial charge is 0.506 e. The van der Waals surface area contributed by atoms with Gasteiger partial charge in [0.25, 0.3) is 5.91 Å². The third kappa shape index (κ3) is 2.15. The van der Waals surface area contributed by atoms with Crippen LogP contribution >= 0.6 is 0 Å². The predicted molar refractivity (Wildman–Crippen MR) is 73.0 cm³/mol. The lowest BCUT2D eigenvalue weighted by Crippen LogP contribution is -2.42. The standard InChI is InChI=1S/C15H11FN2O4/c1-15(7-17)10-6-8(16)2-3-9(10)12(20)11(13(15)21)14(22)18-4-5-19/h2-3,5-6,20H,4H2,1H3,(H,18,22)/t15-/m1/s1. The first-order valence-electron chi connectivity index (χ1n) is 6.28. The number of aldehydes is 1. The Morgan fingerprint density at radius 1 is 1.55 bits per heavy atom. The van der Waals surface area contributed by atoms with Gasteiger partial charge < -0.3 is 15.2 Å². The number of hydrogen-bond donors (Lipinski definition) is 2. The summed E-state index contributed by atoms with van der Waals surface area (Å²) in [6.07, 6.45) is 0.412. The molecule has 22 heavy (non-hydrogen) atoms. The number of nitriles is 1. The molecule has 0 spiro atoms. The Morgan fingerprint density at radius 2 is 2.23 bits per heavy atom. The highest BCUT2D eigenvalue weighted by molar-refractivity contribution is 6.29. The first-order chi connectivity index (χ1) is 10.4. The highest BCUT2D eigenvalue weighted by atomic mass is 19.1. The van der Waals surface area contributed by atoms with Crippen molar-refractivity contribution in [3.8, 4) is 6.07 Å². The minimum Gasteiger partial charge on any atom is -0.506 e. The molecule has 2 N–H and O–H groups in total. The number of Topliss-reactive ketones (excluding diaryl/α,β-unsaturated/α-hetero) is 1. The molecule has 1 aromatic rings. The number of aliphatic hydroxyl groups excluding tert-OH is 1. The molecule has 1 aliphatic rings. The second-order valence-electron chi connectivity index (χ2n) is 4.86. The van der Waals surface area contributed by atoms with Crippen LogP contribution in [-0.2, 0) is 19.8 Å². The number of fused-ring (bicyclic) bond motifs is 1. The number of benzene rings is 1. The zero-order valence-electron chi connectivity index (χ0n) is 11.5. The predicted octanol–water partition coefficient (Wildman–Crippen LogP) is 0.774. The highest BCUT2D eigenvalue weighted by Crippen LogP contribution is 2.39. The maximum absolute atomic E-state index is 13.4. The van der Waals surface area contributed by atoms with Gasteiger partial charge in [0.2, 0.25) is 0 Å². The summed E-state index contributed by atoms with van der Waals surface area (Å²) in [7, 11) is 0. The molecule has 1 aliphatic carbocycles. The van der Waals surface area contributed by atoms with Crippen LogP contribution in [0.15, 0.2) is 23.8 Å². The average molecular weight is 302 g/mol. The lowest BCUT2D eigenvalue weighted by Gasteiger charge is -2.29. The topological polar surface area (TPSA) is 107 Å². The van der Waals surface area contributed by atoms with Crippen molar-refractivity contribution >= 4 is 23.7 Å². The minimum atomic E-state index is -1.81. The van der Waals surface area contributed by atoms with E-state index in [0.717, 1.165) is 12.1 Å². The monoisotopic (exact) mass is 302 g/mol. The van der Waals surface area contributed by atoms with Crippen molar-refractivity contribution < 1.29 is 23.9 Å². The molecule has 2 rings (SSSR count). The summed E-state index contributed by atoms with van der Waals surface area (Å²) in [6, 6.07) is 4.98. The molecule has 7 heteroatoms. The summed E-state index contributed by atoms with van der Waals surface area (Å²) in [6.45, 7) is 0.898. The Balaban J connectivity index is 2.70. The number of carbonyl (C=O) groups excluding carboxylic acids is 3. The third-order valence-electron chi connectivity index (χ3n) is 3.49. The van der Waals surface area contributed by atoms with Crippen molar-refractivity contribution in [2.45, 2.75) is 12.3 Å². The second-order valence-corrected chi connectivity index (χ2v) is 4.86. The SMILES string of the molecule is C[C@]1(C#N)C(=O)C(C(=O)NCC=O)=C(O)c2ccc(F)cc21. The van der Waals surface area contributed by atoms with E-state index in [0.29, 0.717) is 6.29 Å². The van der Waals surface area contributed by atoms with Gasteiger partial charge in [-0.1, -0.05) is 0 Å². The summed E-state index contributed by atoms with van der Waals surface area (Å²) in [4.78, 5) is 34.7. The highest BCUT2D eigenvalue weighted by Gasteiger charge is 2.47. The van der Waals surface area contributed by atoms with Crippen LogP contribution in [0.1, 0.15) is 18.1 Å². The van der Waals surface area contributed by atoms with E-state index in [-0.39, 0.29) is 17.7 Å². The molecule has 1 aromatic carbocycles. The molecule has 0 bridgehead atoms. The van der Waals surface area contributed by atoms with Crippen molar-refractivity contribution in [2.75, 3.05) is 6.54 Å². The Labute approximate surface area is 124 Å². The number of ketones is 1. The van der Waals surface area contributed by atoms with E-state index in [2.05, 4.69) is 5.32 Å². The summed E-state index contributed by atoms with van der Waals surface area (Å²) in [5, 5.41) is 21.6. The van der Waals surface area contributed by atoms with E-state index < -0.39 is 34.3 Å². The second kappa shape index (κ2) is 5.41. The van der Waals surface area contributed by atoms with Gasteiger partial charge in [-0.3, -0.25) is 9.59 Å². The Morgan fingerprint density at radius 3 is 2.82 bits per heavy atom. The first kappa shape index (κ1) is 15.4. The summed E-state index contributed by atoms with van der Waals surface area (Å²) < 4.78 is 13.4. The van der Waals surface area contributed by atoms with E-state index in [1.807, 2.05) is 0 Å². The minimum absolute atomic E-state index is 0.00978. The number of aliphatic hydroxyl groups is 1. The number of hydrogen-bond acceptors (Lipinski definition) is 5. The Bertz CT molecular complexity index is 763. The van der Waals surface area contributed by atoms with Gasteiger partial charge in [-0.15, -0.1) is 0 Å². The fraction of sp³-hybridized carbons (Fsp3) is 0.200. The molecule has 0 heterocycles. The molecule has 112 valence electrons. The summed E-state index contributed by atoms with van der Waals surface area (Å²) in [5.41, 5.74) is -2.41. The average Bonchev–Trinajstić information content (AvgIpc) is 2.50. The van der Waals surface area contributed by atoms with Crippen LogP contribution in [0.3, 0.4) is 0 Å². The maximum Gasteiger partial charge on any atom is 0.259 e. The van der Waals surface area contributed by atoms with E-state index in [1.54, 1.807) is 6.07 Å². The van der Waals surface area contributed by atoms with Crippen molar-refractivity contribution in [3.05, 3.63) is 40.7 Å². The maximum atomic E-state index is 13.4. The normalized spacial score (nSPS) is 20.1. The molecule has 1 amide bonds. The number of carbonyl (C=O) groups is 3. The lowest BCUT2D eigenvalue weighted by molar-refractivity contribution is -0.125. The van der Waals surface area contributed by atoms with Gasteiger partial charge in [-0.2, -0.15) is 5.26 Å². The quantitative estimate of drug-likeness (QED) is 0.633. The van der Waals surface area contributed by atoms with Crippen molar-refractivity contribution in [2.24, 2.45) is 0 Å². The molecule has 6 nitrogen and oxygen atoms in total. The zero-order valence-corrected chi connectivity index (χ0v) is 11.5. The first-order valence-corrected chi connectivity index (χ1v) is 6.28. The Kier molecular flexibility index (Phi) is 3.78. The van der Waals surface area contributed by atoms with Crippen LogP contribution in [-0.4, -0.2) is 29.6 Å². The fourth-order valence-corrected chi connectivity index (χ4v) is 2.30. The number of amides is 1. The van der Waals surface area contributed by atoms with Gasteiger partial charge in [-0.05, 0) is 30.7 Å². The molecule has 0 aromatic heterocycles. The van der Waals surface area contributed by atoms with Gasteiger partial charge >= 0.3 is 0 Å². The molecule has 0 saturated heterocycles. The van der Waals surface area contributed by atoms with Crippen molar-refractivity contribution in [1.82, 2.24) is 5.32 Å². The van der Waals surface area contributed by atoms with Gasteiger partial charge in [0.15, 0.2) is 5.78 Å².